The zero-order valence-corrected chi connectivity index (χ0v) is 14.4. The van der Waals surface area contributed by atoms with Crippen LogP contribution >= 0.6 is 0 Å². The molecule has 25 heavy (non-hydrogen) atoms. The predicted octanol–water partition coefficient (Wildman–Crippen LogP) is 2.81. The highest BCUT2D eigenvalue weighted by atomic mass is 19.4. The molecule has 0 aromatic carbocycles. The van der Waals surface area contributed by atoms with Crippen molar-refractivity contribution in [3.05, 3.63) is 0 Å². The zero-order chi connectivity index (χ0) is 19.1. The Hall–Kier alpha value is -1.75. The summed E-state index contributed by atoms with van der Waals surface area (Å²) in [5, 5.41) is 10.4. The van der Waals surface area contributed by atoms with E-state index < -0.39 is 12.1 Å². The van der Waals surface area contributed by atoms with Gasteiger partial charge in [-0.2, -0.15) is 13.2 Å². The highest BCUT2D eigenvalue weighted by molar-refractivity contribution is 5.76. The lowest BCUT2D eigenvalue weighted by Gasteiger charge is -2.27. The molecular weight excluding hydrogens is 337 g/mol. The van der Waals surface area contributed by atoms with Crippen LogP contribution in [0.1, 0.15) is 51.4 Å². The third kappa shape index (κ3) is 13.2. The molecule has 1 aliphatic rings. The van der Waals surface area contributed by atoms with Gasteiger partial charge in [-0.15, -0.1) is 12.3 Å². The van der Waals surface area contributed by atoms with E-state index in [4.69, 9.17) is 16.3 Å². The van der Waals surface area contributed by atoms with Gasteiger partial charge in [-0.05, 0) is 12.8 Å². The van der Waals surface area contributed by atoms with Crippen LogP contribution in [0.3, 0.4) is 0 Å². The fourth-order valence-electron chi connectivity index (χ4n) is 2.28. The van der Waals surface area contributed by atoms with Gasteiger partial charge in [-0.25, -0.2) is 4.79 Å². The molecular formula is C17H27F3N2O3. The van der Waals surface area contributed by atoms with Gasteiger partial charge in [0, 0.05) is 39.0 Å². The van der Waals surface area contributed by atoms with Crippen LogP contribution in [0.15, 0.2) is 0 Å². The molecule has 1 heterocycles. The number of unbranched alkanes of at least 4 members (excludes halogenated alkanes) is 6. The van der Waals surface area contributed by atoms with Crippen molar-refractivity contribution < 1.29 is 27.9 Å². The molecule has 0 bridgehead atoms. The Balaban J connectivity index is 0.000000697. The first-order valence-electron chi connectivity index (χ1n) is 8.51. The molecule has 0 atom stereocenters. The van der Waals surface area contributed by atoms with Gasteiger partial charge in [-0.3, -0.25) is 4.79 Å². The molecule has 1 aliphatic heterocycles. The minimum absolute atomic E-state index is 0.337. The summed E-state index contributed by atoms with van der Waals surface area (Å²) in [4.78, 5) is 22.7. The lowest BCUT2D eigenvalue weighted by Crippen LogP contribution is -2.46. The zero-order valence-electron chi connectivity index (χ0n) is 14.4. The number of aliphatic carboxylic acids is 1. The number of halogens is 3. The number of rotatable bonds is 8. The summed E-state index contributed by atoms with van der Waals surface area (Å²) < 4.78 is 31.7. The fraction of sp³-hybridized carbons (Fsp3) is 0.765. The minimum Gasteiger partial charge on any atom is -0.475 e. The second-order valence-corrected chi connectivity index (χ2v) is 5.76. The Kier molecular flexibility index (Phi) is 12.6. The van der Waals surface area contributed by atoms with E-state index >= 15 is 0 Å². The molecule has 1 rings (SSSR count). The first-order valence-corrected chi connectivity index (χ1v) is 8.51. The van der Waals surface area contributed by atoms with E-state index in [2.05, 4.69) is 11.2 Å². The summed E-state index contributed by atoms with van der Waals surface area (Å²) in [6, 6.07) is 0. The van der Waals surface area contributed by atoms with E-state index in [1.165, 1.54) is 25.7 Å². The summed E-state index contributed by atoms with van der Waals surface area (Å²) in [6.45, 7) is 3.65. The van der Waals surface area contributed by atoms with Crippen molar-refractivity contribution in [2.24, 2.45) is 0 Å². The number of amides is 1. The fourth-order valence-corrected chi connectivity index (χ4v) is 2.28. The van der Waals surface area contributed by atoms with Gasteiger partial charge in [-0.1, -0.05) is 25.7 Å². The average molecular weight is 364 g/mol. The standard InChI is InChI=1S/C15H26N2O.C2HF3O2/c1-2-3-4-5-6-7-8-9-10-15(18)17-13-11-16-12-14-17;3-2(4,5)1(6)7/h1,16H,3-14H2;(H,6,7). The molecule has 0 unspecified atom stereocenters. The summed E-state index contributed by atoms with van der Waals surface area (Å²) in [7, 11) is 0. The highest BCUT2D eigenvalue weighted by Gasteiger charge is 2.38. The first-order chi connectivity index (χ1) is 11.8. The van der Waals surface area contributed by atoms with Gasteiger partial charge < -0.3 is 15.3 Å². The maximum atomic E-state index is 11.8. The Bertz CT molecular complexity index is 428. The summed E-state index contributed by atoms with van der Waals surface area (Å²) in [5.41, 5.74) is 0. The van der Waals surface area contributed by atoms with E-state index in [0.717, 1.165) is 51.9 Å². The second-order valence-electron chi connectivity index (χ2n) is 5.76. The molecule has 1 amide bonds. The molecule has 8 heteroatoms. The number of nitrogens with one attached hydrogen (secondary N) is 1. The number of alkyl halides is 3. The van der Waals surface area contributed by atoms with E-state index in [1.54, 1.807) is 0 Å². The number of piperazine rings is 1. The highest BCUT2D eigenvalue weighted by Crippen LogP contribution is 2.13. The van der Waals surface area contributed by atoms with Crippen LogP contribution in [0.25, 0.3) is 0 Å². The van der Waals surface area contributed by atoms with Gasteiger partial charge in [0.05, 0.1) is 0 Å². The molecule has 0 radical (unpaired) electrons. The van der Waals surface area contributed by atoms with Crippen LogP contribution in [0.4, 0.5) is 13.2 Å². The molecule has 1 saturated heterocycles. The van der Waals surface area contributed by atoms with Crippen molar-refractivity contribution in [3.63, 3.8) is 0 Å². The van der Waals surface area contributed by atoms with Crippen LogP contribution in [0, 0.1) is 12.3 Å². The second kappa shape index (κ2) is 13.5. The topological polar surface area (TPSA) is 69.6 Å². The Morgan fingerprint density at radius 1 is 1.04 bits per heavy atom. The maximum Gasteiger partial charge on any atom is 0.490 e. The number of terminal acetylenes is 1. The number of carbonyl (C=O) groups is 2. The number of carboxylic acid groups (broad SMARTS) is 1. The molecule has 0 spiro atoms. The van der Waals surface area contributed by atoms with Gasteiger partial charge >= 0.3 is 12.1 Å². The Labute approximate surface area is 147 Å². The monoisotopic (exact) mass is 364 g/mol. The summed E-state index contributed by atoms with van der Waals surface area (Å²) in [5.74, 6) is 0.246. The van der Waals surface area contributed by atoms with Gasteiger partial charge in [0.1, 0.15) is 0 Å². The number of hydrogen-bond acceptors (Lipinski definition) is 3. The molecule has 2 N–H and O–H groups in total. The van der Waals surface area contributed by atoms with Gasteiger partial charge in [0.25, 0.3) is 0 Å². The number of hydrogen-bond donors (Lipinski definition) is 2. The van der Waals surface area contributed by atoms with Crippen LogP contribution in [-0.4, -0.2) is 54.2 Å². The van der Waals surface area contributed by atoms with E-state index in [9.17, 15) is 18.0 Å². The van der Waals surface area contributed by atoms with Crippen molar-refractivity contribution in [2.75, 3.05) is 26.2 Å². The third-order valence-corrected chi connectivity index (χ3v) is 3.67. The van der Waals surface area contributed by atoms with Crippen molar-refractivity contribution in [3.8, 4) is 12.3 Å². The average Bonchev–Trinajstić information content (AvgIpc) is 2.57. The van der Waals surface area contributed by atoms with Crippen molar-refractivity contribution >= 4 is 11.9 Å². The summed E-state index contributed by atoms with van der Waals surface area (Å²) >= 11 is 0. The molecule has 0 aliphatic carbocycles. The maximum absolute atomic E-state index is 11.8. The first kappa shape index (κ1) is 23.2. The number of carboxylic acids is 1. The quantitative estimate of drug-likeness (QED) is 0.513. The molecule has 1 fully saturated rings. The Morgan fingerprint density at radius 2 is 1.52 bits per heavy atom. The lowest BCUT2D eigenvalue weighted by atomic mass is 10.1. The molecule has 0 saturated carbocycles. The smallest absolute Gasteiger partial charge is 0.475 e. The summed E-state index contributed by atoms with van der Waals surface area (Å²) in [6.07, 6.45) is 8.83. The number of nitrogens with zero attached hydrogens (tertiary/aromatic N) is 1. The molecule has 144 valence electrons. The van der Waals surface area contributed by atoms with E-state index in [0.29, 0.717) is 5.91 Å². The van der Waals surface area contributed by atoms with E-state index in [-0.39, 0.29) is 0 Å². The molecule has 0 aromatic rings. The Morgan fingerprint density at radius 3 is 2.00 bits per heavy atom. The third-order valence-electron chi connectivity index (χ3n) is 3.67. The van der Waals surface area contributed by atoms with Crippen molar-refractivity contribution in [1.29, 1.82) is 0 Å². The van der Waals surface area contributed by atoms with Crippen molar-refractivity contribution in [2.45, 2.75) is 57.5 Å². The van der Waals surface area contributed by atoms with Gasteiger partial charge in [0.2, 0.25) is 5.91 Å². The predicted molar refractivity (Wildman–Crippen MR) is 88.9 cm³/mol. The molecule has 5 nitrogen and oxygen atoms in total. The van der Waals surface area contributed by atoms with Gasteiger partial charge in [0.15, 0.2) is 0 Å². The minimum atomic E-state index is -5.08. The van der Waals surface area contributed by atoms with Crippen molar-refractivity contribution in [1.82, 2.24) is 10.2 Å². The normalized spacial score (nSPS) is 14.2. The largest absolute Gasteiger partial charge is 0.490 e. The van der Waals surface area contributed by atoms with Crippen LogP contribution < -0.4 is 5.32 Å². The SMILES string of the molecule is C#CCCCCCCCCC(=O)N1CCNCC1.O=C(O)C(F)(F)F. The van der Waals surface area contributed by atoms with Crippen LogP contribution in [-0.2, 0) is 9.59 Å². The van der Waals surface area contributed by atoms with E-state index in [1.807, 2.05) is 4.90 Å². The lowest BCUT2D eigenvalue weighted by molar-refractivity contribution is -0.192. The van der Waals surface area contributed by atoms with Crippen LogP contribution in [0.2, 0.25) is 0 Å². The molecule has 0 aromatic heterocycles. The number of carbonyl (C=O) groups excluding carboxylic acids is 1. The van der Waals surface area contributed by atoms with Crippen LogP contribution in [0.5, 0.6) is 0 Å².